The van der Waals surface area contributed by atoms with Gasteiger partial charge in [0.2, 0.25) is 5.91 Å². The molecular formula is C27H39N5O4. The first-order chi connectivity index (χ1) is 17.0. The topological polar surface area (TPSA) is 96.8 Å². The molecule has 0 radical (unpaired) electrons. The van der Waals surface area contributed by atoms with Crippen LogP contribution in [0.25, 0.3) is 0 Å². The number of nitrogens with one attached hydrogen (secondary N) is 1. The Balaban J connectivity index is 1.41. The lowest BCUT2D eigenvalue weighted by molar-refractivity contribution is -0.152. The molecule has 1 aliphatic rings. The number of anilines is 1. The third kappa shape index (κ3) is 7.16. The fourth-order valence-corrected chi connectivity index (χ4v) is 4.49. The minimum Gasteiger partial charge on any atom is -0.455 e. The molecule has 0 atom stereocenters. The van der Waals surface area contributed by atoms with Crippen LogP contribution in [0, 0.1) is 33.6 Å². The molecule has 0 unspecified atom stereocenters. The van der Waals surface area contributed by atoms with Crippen molar-refractivity contribution in [3.63, 3.8) is 0 Å². The van der Waals surface area contributed by atoms with Crippen LogP contribution >= 0.6 is 0 Å². The van der Waals surface area contributed by atoms with Crippen molar-refractivity contribution >= 4 is 23.5 Å². The molecule has 0 bridgehead atoms. The molecule has 0 aliphatic carbocycles. The third-order valence-electron chi connectivity index (χ3n) is 6.58. The van der Waals surface area contributed by atoms with E-state index in [1.54, 1.807) is 4.90 Å². The standard InChI is InChI=1S/C27H39N5O4/c1-18(2)15-32-22(6)23(21(5)29-32)14-26(35)36-17-25(34)31-12-10-30(11-13-31)16-24(33)28-27-19(3)8-7-9-20(27)4/h7-9,18H,10-17H2,1-6H3,(H,28,33). The molecule has 196 valence electrons. The number of piperazine rings is 1. The summed E-state index contributed by atoms with van der Waals surface area (Å²) in [4.78, 5) is 41.3. The Morgan fingerprint density at radius 1 is 1.03 bits per heavy atom. The van der Waals surface area contributed by atoms with Gasteiger partial charge in [-0.3, -0.25) is 24.0 Å². The van der Waals surface area contributed by atoms with E-state index in [9.17, 15) is 14.4 Å². The maximum absolute atomic E-state index is 12.6. The van der Waals surface area contributed by atoms with E-state index in [0.717, 1.165) is 40.3 Å². The predicted octanol–water partition coefficient (Wildman–Crippen LogP) is 2.64. The number of carbonyl (C=O) groups is 3. The SMILES string of the molecule is Cc1cccc(C)c1NC(=O)CN1CCN(C(=O)COC(=O)Cc2c(C)nn(CC(C)C)c2C)CC1. The van der Waals surface area contributed by atoms with E-state index < -0.39 is 5.97 Å². The van der Waals surface area contributed by atoms with E-state index in [1.165, 1.54) is 0 Å². The Morgan fingerprint density at radius 3 is 2.28 bits per heavy atom. The van der Waals surface area contributed by atoms with Gasteiger partial charge in [0.15, 0.2) is 6.61 Å². The highest BCUT2D eigenvalue weighted by molar-refractivity contribution is 5.93. The summed E-state index contributed by atoms with van der Waals surface area (Å²) >= 11 is 0. The average Bonchev–Trinajstić information content (AvgIpc) is 3.07. The van der Waals surface area contributed by atoms with E-state index in [4.69, 9.17) is 4.74 Å². The van der Waals surface area contributed by atoms with Crippen molar-refractivity contribution in [2.75, 3.05) is 44.6 Å². The Labute approximate surface area is 213 Å². The number of benzene rings is 1. The highest BCUT2D eigenvalue weighted by Gasteiger charge is 2.24. The first kappa shape index (κ1) is 27.4. The minimum absolute atomic E-state index is 0.0663. The minimum atomic E-state index is -0.430. The number of para-hydroxylation sites is 1. The second kappa shape index (κ2) is 12.2. The van der Waals surface area contributed by atoms with Crippen LogP contribution in [-0.4, -0.2) is 76.7 Å². The fourth-order valence-electron chi connectivity index (χ4n) is 4.49. The van der Waals surface area contributed by atoms with Crippen LogP contribution in [0.4, 0.5) is 5.69 Å². The number of aryl methyl sites for hydroxylation is 3. The Morgan fingerprint density at radius 2 is 1.67 bits per heavy atom. The molecule has 2 heterocycles. The van der Waals surface area contributed by atoms with Crippen LogP contribution < -0.4 is 5.32 Å². The largest absolute Gasteiger partial charge is 0.455 e. The van der Waals surface area contributed by atoms with Gasteiger partial charge in [0.05, 0.1) is 18.7 Å². The number of rotatable bonds is 9. The molecule has 0 saturated carbocycles. The Hall–Kier alpha value is -3.20. The van der Waals surface area contributed by atoms with Gasteiger partial charge in [-0.25, -0.2) is 0 Å². The lowest BCUT2D eigenvalue weighted by atomic mass is 10.1. The molecular weight excluding hydrogens is 458 g/mol. The second-order valence-corrected chi connectivity index (χ2v) is 10.0. The molecule has 2 aromatic rings. The van der Waals surface area contributed by atoms with Gasteiger partial charge in [0.25, 0.3) is 5.91 Å². The summed E-state index contributed by atoms with van der Waals surface area (Å²) in [6.07, 6.45) is 0.103. The van der Waals surface area contributed by atoms with E-state index >= 15 is 0 Å². The van der Waals surface area contributed by atoms with Crippen molar-refractivity contribution in [2.24, 2.45) is 5.92 Å². The molecule has 9 nitrogen and oxygen atoms in total. The zero-order valence-electron chi connectivity index (χ0n) is 22.4. The highest BCUT2D eigenvalue weighted by Crippen LogP contribution is 2.19. The second-order valence-electron chi connectivity index (χ2n) is 10.0. The lowest BCUT2D eigenvalue weighted by Crippen LogP contribution is -2.51. The molecule has 2 amide bonds. The van der Waals surface area contributed by atoms with Crippen LogP contribution in [0.2, 0.25) is 0 Å². The fraction of sp³-hybridized carbons (Fsp3) is 0.556. The smallest absolute Gasteiger partial charge is 0.310 e. The Bertz CT molecular complexity index is 1080. The van der Waals surface area contributed by atoms with Crippen LogP contribution in [0.15, 0.2) is 18.2 Å². The summed E-state index contributed by atoms with van der Waals surface area (Å²) in [5.74, 6) is -0.261. The van der Waals surface area contributed by atoms with Gasteiger partial charge in [-0.2, -0.15) is 5.10 Å². The number of nitrogens with zero attached hydrogens (tertiary/aromatic N) is 4. The average molecular weight is 498 g/mol. The summed E-state index contributed by atoms with van der Waals surface area (Å²) in [7, 11) is 0. The van der Waals surface area contributed by atoms with E-state index in [0.29, 0.717) is 32.1 Å². The van der Waals surface area contributed by atoms with E-state index in [2.05, 4.69) is 24.3 Å². The molecule has 1 N–H and O–H groups in total. The van der Waals surface area contributed by atoms with Gasteiger partial charge < -0.3 is 15.0 Å². The van der Waals surface area contributed by atoms with Gasteiger partial charge in [-0.15, -0.1) is 0 Å². The van der Waals surface area contributed by atoms with E-state index in [-0.39, 0.29) is 31.4 Å². The lowest BCUT2D eigenvalue weighted by Gasteiger charge is -2.34. The molecule has 1 aromatic heterocycles. The molecule has 1 aliphatic heterocycles. The summed E-state index contributed by atoms with van der Waals surface area (Å²) in [5.41, 5.74) is 5.55. The third-order valence-corrected chi connectivity index (χ3v) is 6.58. The van der Waals surface area contributed by atoms with Gasteiger partial charge in [0, 0.05) is 49.7 Å². The summed E-state index contributed by atoms with van der Waals surface area (Å²) in [6, 6.07) is 5.92. The first-order valence-electron chi connectivity index (χ1n) is 12.6. The zero-order valence-corrected chi connectivity index (χ0v) is 22.4. The van der Waals surface area contributed by atoms with Crippen molar-refractivity contribution in [3.05, 3.63) is 46.3 Å². The number of hydrogen-bond acceptors (Lipinski definition) is 6. The normalized spacial score (nSPS) is 14.2. The van der Waals surface area contributed by atoms with Crippen LogP contribution in [0.1, 0.15) is 41.9 Å². The van der Waals surface area contributed by atoms with Crippen LogP contribution in [-0.2, 0) is 32.1 Å². The molecule has 0 spiro atoms. The zero-order chi connectivity index (χ0) is 26.4. The van der Waals surface area contributed by atoms with Crippen molar-refractivity contribution in [3.8, 4) is 0 Å². The van der Waals surface area contributed by atoms with Crippen LogP contribution in [0.5, 0.6) is 0 Å². The van der Waals surface area contributed by atoms with Crippen molar-refractivity contribution in [2.45, 2.75) is 54.5 Å². The quantitative estimate of drug-likeness (QED) is 0.535. The van der Waals surface area contributed by atoms with Crippen molar-refractivity contribution < 1.29 is 19.1 Å². The maximum atomic E-state index is 12.6. The predicted molar refractivity (Wildman–Crippen MR) is 139 cm³/mol. The molecule has 1 aromatic carbocycles. The number of aromatic nitrogens is 2. The molecule has 36 heavy (non-hydrogen) atoms. The van der Waals surface area contributed by atoms with Gasteiger partial charge in [-0.1, -0.05) is 32.0 Å². The maximum Gasteiger partial charge on any atom is 0.310 e. The van der Waals surface area contributed by atoms with E-state index in [1.807, 2.05) is 55.5 Å². The van der Waals surface area contributed by atoms with Gasteiger partial charge in [-0.05, 0) is 44.7 Å². The molecule has 1 saturated heterocycles. The summed E-state index contributed by atoms with van der Waals surface area (Å²) in [5, 5.41) is 7.54. The first-order valence-corrected chi connectivity index (χ1v) is 12.6. The number of carbonyl (C=O) groups excluding carboxylic acids is 3. The number of amides is 2. The number of hydrogen-bond donors (Lipinski definition) is 1. The molecule has 1 fully saturated rings. The molecule has 9 heteroatoms. The number of ether oxygens (including phenoxy) is 1. The van der Waals surface area contributed by atoms with Crippen LogP contribution in [0.3, 0.4) is 0 Å². The number of esters is 1. The van der Waals surface area contributed by atoms with Crippen molar-refractivity contribution in [1.29, 1.82) is 0 Å². The molecule has 3 rings (SSSR count). The van der Waals surface area contributed by atoms with Gasteiger partial charge in [0.1, 0.15) is 0 Å². The van der Waals surface area contributed by atoms with Gasteiger partial charge >= 0.3 is 5.97 Å². The van der Waals surface area contributed by atoms with Crippen molar-refractivity contribution in [1.82, 2.24) is 19.6 Å². The monoisotopic (exact) mass is 497 g/mol. The highest BCUT2D eigenvalue weighted by atomic mass is 16.5. The summed E-state index contributed by atoms with van der Waals surface area (Å²) in [6.45, 7) is 15.0. The summed E-state index contributed by atoms with van der Waals surface area (Å²) < 4.78 is 7.22. The Kier molecular flexibility index (Phi) is 9.25.